The van der Waals surface area contributed by atoms with Crippen molar-refractivity contribution >= 4 is 5.91 Å². The van der Waals surface area contributed by atoms with Crippen LogP contribution in [0.5, 0.6) is 0 Å². The van der Waals surface area contributed by atoms with E-state index in [1.54, 1.807) is 0 Å². The van der Waals surface area contributed by atoms with E-state index >= 15 is 0 Å². The van der Waals surface area contributed by atoms with Crippen molar-refractivity contribution in [1.82, 2.24) is 10.2 Å². The lowest BCUT2D eigenvalue weighted by atomic mass is 10.0. The number of hydrogen-bond donors (Lipinski definition) is 1. The van der Waals surface area contributed by atoms with Crippen molar-refractivity contribution in [2.45, 2.75) is 19.9 Å². The fourth-order valence-electron chi connectivity index (χ4n) is 2.68. The molecule has 2 rings (SSSR count). The lowest BCUT2D eigenvalue weighted by Crippen LogP contribution is -2.43. The molecule has 25 heavy (non-hydrogen) atoms. The molecule has 0 heterocycles. The van der Waals surface area contributed by atoms with Gasteiger partial charge >= 0.3 is 0 Å². The molecule has 0 bridgehead atoms. The average molecular weight is 334 g/mol. The van der Waals surface area contributed by atoms with Gasteiger partial charge in [0.05, 0.1) is 0 Å². The molecule has 2 aromatic rings. The van der Waals surface area contributed by atoms with Gasteiger partial charge in [-0.3, -0.25) is 4.79 Å². The van der Waals surface area contributed by atoms with E-state index in [-0.39, 0.29) is 5.91 Å². The number of carbonyl (C=O) groups is 1. The van der Waals surface area contributed by atoms with Crippen molar-refractivity contribution in [3.05, 3.63) is 71.3 Å². The van der Waals surface area contributed by atoms with Crippen LogP contribution in [0.3, 0.4) is 0 Å². The van der Waals surface area contributed by atoms with Gasteiger partial charge in [-0.1, -0.05) is 43.9 Å². The minimum Gasteiger partial charge on any atom is -0.350 e. The van der Waals surface area contributed by atoms with Crippen LogP contribution in [0.4, 0.5) is 0 Å². The summed E-state index contributed by atoms with van der Waals surface area (Å²) in [5, 5.41) is 3.02. The molecular weight excluding hydrogens is 308 g/mol. The molecule has 0 fully saturated rings. The lowest BCUT2D eigenvalue weighted by Gasteiger charge is -2.28. The topological polar surface area (TPSA) is 32.3 Å². The second kappa shape index (κ2) is 9.05. The third-order valence-electron chi connectivity index (χ3n) is 4.18. The Kier molecular flexibility index (Phi) is 6.80. The number of carbonyl (C=O) groups excluding carboxylic acids is 1. The molecule has 3 heteroatoms. The summed E-state index contributed by atoms with van der Waals surface area (Å²) < 4.78 is 0. The number of hydrogen-bond acceptors (Lipinski definition) is 2. The summed E-state index contributed by atoms with van der Waals surface area (Å²) in [4.78, 5) is 14.5. The van der Waals surface area contributed by atoms with Crippen molar-refractivity contribution < 1.29 is 4.79 Å². The Morgan fingerprint density at radius 1 is 0.960 bits per heavy atom. The Balaban J connectivity index is 1.97. The van der Waals surface area contributed by atoms with Gasteiger partial charge in [-0.15, -0.1) is 0 Å². The van der Waals surface area contributed by atoms with E-state index in [4.69, 9.17) is 0 Å². The first-order valence-corrected chi connectivity index (χ1v) is 8.59. The van der Waals surface area contributed by atoms with E-state index in [0.717, 1.165) is 11.1 Å². The van der Waals surface area contributed by atoms with Crippen LogP contribution in [-0.4, -0.2) is 37.5 Å². The molecule has 1 N–H and O–H groups in total. The van der Waals surface area contributed by atoms with Crippen LogP contribution in [0.25, 0.3) is 0 Å². The van der Waals surface area contributed by atoms with E-state index in [9.17, 15) is 4.79 Å². The normalized spacial score (nSPS) is 11.8. The third-order valence-corrected chi connectivity index (χ3v) is 4.18. The maximum atomic E-state index is 12.3. The maximum absolute atomic E-state index is 12.3. The Morgan fingerprint density at radius 3 is 2.04 bits per heavy atom. The summed E-state index contributed by atoms with van der Waals surface area (Å²) in [6.07, 6.45) is 0. The van der Waals surface area contributed by atoms with Gasteiger partial charge in [0, 0.05) is 29.3 Å². The zero-order valence-corrected chi connectivity index (χ0v) is 15.4. The Hall–Kier alpha value is -2.57. The average Bonchev–Trinajstić information content (AvgIpc) is 2.60. The third kappa shape index (κ3) is 5.77. The molecule has 1 unspecified atom stereocenters. The van der Waals surface area contributed by atoms with E-state index in [1.165, 1.54) is 0 Å². The van der Waals surface area contributed by atoms with Gasteiger partial charge in [0.25, 0.3) is 5.91 Å². The van der Waals surface area contributed by atoms with Crippen LogP contribution in [-0.2, 0) is 0 Å². The lowest BCUT2D eigenvalue weighted by molar-refractivity contribution is 0.0934. The second-order valence-electron chi connectivity index (χ2n) is 6.68. The molecule has 0 aliphatic rings. The molecule has 0 spiro atoms. The SMILES string of the molecule is CC(C)C(CNC(=O)c1ccc(C#Cc2ccccc2)cc1)N(C)C. The highest BCUT2D eigenvalue weighted by Gasteiger charge is 2.16. The predicted octanol–water partition coefficient (Wildman–Crippen LogP) is 3.40. The zero-order chi connectivity index (χ0) is 18.2. The quantitative estimate of drug-likeness (QED) is 0.850. The zero-order valence-electron chi connectivity index (χ0n) is 15.4. The van der Waals surface area contributed by atoms with Gasteiger partial charge in [-0.05, 0) is 56.4 Å². The Bertz CT molecular complexity index is 729. The van der Waals surface area contributed by atoms with Crippen molar-refractivity contribution in [1.29, 1.82) is 0 Å². The maximum Gasteiger partial charge on any atom is 0.251 e. The molecule has 3 nitrogen and oxygen atoms in total. The highest BCUT2D eigenvalue weighted by molar-refractivity contribution is 5.94. The number of rotatable bonds is 5. The molecule has 0 aromatic heterocycles. The van der Waals surface area contributed by atoms with Crippen LogP contribution in [0.1, 0.15) is 35.3 Å². The highest BCUT2D eigenvalue weighted by Crippen LogP contribution is 2.08. The number of amides is 1. The Morgan fingerprint density at radius 2 is 1.52 bits per heavy atom. The van der Waals surface area contributed by atoms with Crippen LogP contribution in [0.15, 0.2) is 54.6 Å². The number of nitrogens with zero attached hydrogens (tertiary/aromatic N) is 1. The molecule has 0 radical (unpaired) electrons. The minimum absolute atomic E-state index is 0.0462. The molecule has 0 saturated carbocycles. The first kappa shape index (κ1) is 18.8. The fraction of sp³-hybridized carbons (Fsp3) is 0.318. The summed E-state index contributed by atoms with van der Waals surface area (Å²) in [5.41, 5.74) is 2.54. The summed E-state index contributed by atoms with van der Waals surface area (Å²) in [6, 6.07) is 17.6. The highest BCUT2D eigenvalue weighted by atomic mass is 16.1. The molecule has 1 amide bonds. The second-order valence-corrected chi connectivity index (χ2v) is 6.68. The molecule has 1 atom stereocenters. The first-order valence-electron chi connectivity index (χ1n) is 8.59. The van der Waals surface area contributed by atoms with Crippen molar-refractivity contribution in [2.75, 3.05) is 20.6 Å². The minimum atomic E-state index is -0.0462. The predicted molar refractivity (Wildman–Crippen MR) is 104 cm³/mol. The summed E-state index contributed by atoms with van der Waals surface area (Å²) in [6.45, 7) is 4.97. The molecule has 0 aliphatic heterocycles. The van der Waals surface area contributed by atoms with Crippen molar-refractivity contribution in [2.24, 2.45) is 5.92 Å². The van der Waals surface area contributed by atoms with Crippen LogP contribution in [0.2, 0.25) is 0 Å². The van der Waals surface area contributed by atoms with Gasteiger partial charge in [0.2, 0.25) is 0 Å². The van der Waals surface area contributed by atoms with Gasteiger partial charge in [0.1, 0.15) is 0 Å². The van der Waals surface area contributed by atoms with Crippen molar-refractivity contribution in [3.8, 4) is 11.8 Å². The standard InChI is InChI=1S/C22H26N2O/c1-17(2)21(24(3)4)16-23-22(25)20-14-12-19(13-15-20)11-10-18-8-6-5-7-9-18/h5-9,12-15,17,21H,16H2,1-4H3,(H,23,25). The molecule has 2 aromatic carbocycles. The number of likely N-dealkylation sites (N-methyl/N-ethyl adjacent to an activating group) is 1. The van der Waals surface area contributed by atoms with Crippen LogP contribution in [0, 0.1) is 17.8 Å². The first-order chi connectivity index (χ1) is 12.0. The Labute approximate surface area is 151 Å². The van der Waals surface area contributed by atoms with E-state index in [2.05, 4.69) is 35.9 Å². The van der Waals surface area contributed by atoms with E-state index in [1.807, 2.05) is 68.7 Å². The van der Waals surface area contributed by atoms with Gasteiger partial charge in [-0.2, -0.15) is 0 Å². The number of benzene rings is 2. The summed E-state index contributed by atoms with van der Waals surface area (Å²) in [7, 11) is 4.08. The van der Waals surface area contributed by atoms with Gasteiger partial charge in [-0.25, -0.2) is 0 Å². The van der Waals surface area contributed by atoms with Gasteiger partial charge in [0.15, 0.2) is 0 Å². The van der Waals surface area contributed by atoms with Gasteiger partial charge < -0.3 is 10.2 Å². The fourth-order valence-corrected chi connectivity index (χ4v) is 2.68. The number of nitrogens with one attached hydrogen (secondary N) is 1. The molecule has 0 aliphatic carbocycles. The largest absolute Gasteiger partial charge is 0.350 e. The van der Waals surface area contributed by atoms with Crippen molar-refractivity contribution in [3.63, 3.8) is 0 Å². The summed E-state index contributed by atoms with van der Waals surface area (Å²) >= 11 is 0. The molecule has 130 valence electrons. The smallest absolute Gasteiger partial charge is 0.251 e. The summed E-state index contributed by atoms with van der Waals surface area (Å²) in [5.74, 6) is 6.67. The monoisotopic (exact) mass is 334 g/mol. The van der Waals surface area contributed by atoms with E-state index < -0.39 is 0 Å². The van der Waals surface area contributed by atoms with Crippen LogP contribution >= 0.6 is 0 Å². The molecular formula is C22H26N2O. The molecule has 0 saturated heterocycles. The van der Waals surface area contributed by atoms with Crippen LogP contribution < -0.4 is 5.32 Å². The van der Waals surface area contributed by atoms with E-state index in [0.29, 0.717) is 24.1 Å².